The van der Waals surface area contributed by atoms with Crippen LogP contribution < -0.4 is 10.6 Å². The third kappa shape index (κ3) is 3.73. The quantitative estimate of drug-likeness (QED) is 0.636. The van der Waals surface area contributed by atoms with E-state index in [0.717, 1.165) is 25.7 Å². The summed E-state index contributed by atoms with van der Waals surface area (Å²) in [6, 6.07) is 0.748. The summed E-state index contributed by atoms with van der Waals surface area (Å²) in [5.41, 5.74) is 0.476. The van der Waals surface area contributed by atoms with Crippen molar-refractivity contribution >= 4 is 0 Å². The van der Waals surface area contributed by atoms with Gasteiger partial charge in [-0.2, -0.15) is 0 Å². The summed E-state index contributed by atoms with van der Waals surface area (Å²) >= 11 is 0. The Hall–Kier alpha value is -0.0800. The van der Waals surface area contributed by atoms with E-state index in [9.17, 15) is 0 Å². The van der Waals surface area contributed by atoms with Crippen LogP contribution in [0.15, 0.2) is 0 Å². The minimum Gasteiger partial charge on any atom is -0.314 e. The van der Waals surface area contributed by atoms with Crippen LogP contribution in [0, 0.1) is 5.41 Å². The van der Waals surface area contributed by atoms with Gasteiger partial charge in [0, 0.05) is 19.1 Å². The standard InChI is InChI=1S/C9H20N2/c1-9(2,3)4-5-11-8-6-10-7-8/h8,10-11H,4-7H2,1-3H3. The molecular formula is C9H20N2. The number of hydrogen-bond donors (Lipinski definition) is 2. The lowest BCUT2D eigenvalue weighted by Gasteiger charge is -2.29. The zero-order valence-corrected chi connectivity index (χ0v) is 7.91. The van der Waals surface area contributed by atoms with Crippen molar-refractivity contribution in [3.8, 4) is 0 Å². The van der Waals surface area contributed by atoms with Gasteiger partial charge in [0.15, 0.2) is 0 Å². The first-order chi connectivity index (χ1) is 5.08. The molecule has 1 rings (SSSR count). The third-order valence-electron chi connectivity index (χ3n) is 2.09. The molecule has 0 aliphatic carbocycles. The van der Waals surface area contributed by atoms with E-state index in [4.69, 9.17) is 0 Å². The largest absolute Gasteiger partial charge is 0.314 e. The molecule has 2 N–H and O–H groups in total. The molecule has 2 nitrogen and oxygen atoms in total. The highest BCUT2D eigenvalue weighted by Crippen LogP contribution is 2.17. The van der Waals surface area contributed by atoms with Gasteiger partial charge in [0.2, 0.25) is 0 Å². The van der Waals surface area contributed by atoms with Crippen LogP contribution in [0.3, 0.4) is 0 Å². The van der Waals surface area contributed by atoms with E-state index in [-0.39, 0.29) is 0 Å². The Balaban J connectivity index is 1.95. The first-order valence-corrected chi connectivity index (χ1v) is 4.52. The molecule has 0 aromatic rings. The molecule has 1 saturated heterocycles. The van der Waals surface area contributed by atoms with E-state index in [2.05, 4.69) is 31.4 Å². The molecule has 0 bridgehead atoms. The maximum atomic E-state index is 3.51. The van der Waals surface area contributed by atoms with Crippen LogP contribution >= 0.6 is 0 Å². The first kappa shape index (κ1) is 9.01. The molecule has 0 aromatic carbocycles. The third-order valence-corrected chi connectivity index (χ3v) is 2.09. The second-order valence-corrected chi connectivity index (χ2v) is 4.62. The molecule has 0 spiro atoms. The van der Waals surface area contributed by atoms with E-state index < -0.39 is 0 Å². The van der Waals surface area contributed by atoms with E-state index in [1.165, 1.54) is 6.42 Å². The van der Waals surface area contributed by atoms with Crippen molar-refractivity contribution < 1.29 is 0 Å². The van der Waals surface area contributed by atoms with Crippen molar-refractivity contribution in [2.45, 2.75) is 33.2 Å². The molecule has 0 aromatic heterocycles. The summed E-state index contributed by atoms with van der Waals surface area (Å²) < 4.78 is 0. The van der Waals surface area contributed by atoms with Gasteiger partial charge in [0.25, 0.3) is 0 Å². The first-order valence-electron chi connectivity index (χ1n) is 4.52. The summed E-state index contributed by atoms with van der Waals surface area (Å²) in [5.74, 6) is 0. The van der Waals surface area contributed by atoms with Crippen molar-refractivity contribution in [3.63, 3.8) is 0 Å². The number of nitrogens with one attached hydrogen (secondary N) is 2. The molecule has 11 heavy (non-hydrogen) atoms. The van der Waals surface area contributed by atoms with Crippen LogP contribution in [0.5, 0.6) is 0 Å². The predicted octanol–water partition coefficient (Wildman–Crippen LogP) is 0.984. The van der Waals surface area contributed by atoms with Crippen molar-refractivity contribution in [1.82, 2.24) is 10.6 Å². The summed E-state index contributed by atoms with van der Waals surface area (Å²) in [6.07, 6.45) is 1.27. The summed E-state index contributed by atoms with van der Waals surface area (Å²) in [7, 11) is 0. The van der Waals surface area contributed by atoms with E-state index in [1.807, 2.05) is 0 Å². The molecule has 1 heterocycles. The van der Waals surface area contributed by atoms with Gasteiger partial charge in [-0.1, -0.05) is 20.8 Å². The smallest absolute Gasteiger partial charge is 0.0317 e. The van der Waals surface area contributed by atoms with Crippen molar-refractivity contribution in [3.05, 3.63) is 0 Å². The predicted molar refractivity (Wildman–Crippen MR) is 48.7 cm³/mol. The van der Waals surface area contributed by atoms with E-state index in [1.54, 1.807) is 0 Å². The van der Waals surface area contributed by atoms with Crippen molar-refractivity contribution in [2.75, 3.05) is 19.6 Å². The molecule has 1 aliphatic heterocycles. The molecule has 0 unspecified atom stereocenters. The Bertz CT molecular complexity index is 111. The molecule has 0 radical (unpaired) electrons. The van der Waals surface area contributed by atoms with Crippen LogP contribution in [0.25, 0.3) is 0 Å². The lowest BCUT2D eigenvalue weighted by molar-refractivity contribution is 0.317. The van der Waals surface area contributed by atoms with Crippen LogP contribution in [0.1, 0.15) is 27.2 Å². The van der Waals surface area contributed by atoms with Gasteiger partial charge in [-0.25, -0.2) is 0 Å². The Morgan fingerprint density at radius 3 is 2.36 bits per heavy atom. The maximum absolute atomic E-state index is 3.51. The fourth-order valence-corrected chi connectivity index (χ4v) is 1.08. The second kappa shape index (κ2) is 3.55. The molecule has 0 amide bonds. The Kier molecular flexibility index (Phi) is 2.90. The molecule has 0 saturated carbocycles. The molecule has 2 heteroatoms. The monoisotopic (exact) mass is 156 g/mol. The van der Waals surface area contributed by atoms with Crippen molar-refractivity contribution in [2.24, 2.45) is 5.41 Å². The normalized spacial score (nSPS) is 19.9. The Morgan fingerprint density at radius 2 is 2.00 bits per heavy atom. The average Bonchev–Trinajstić information content (AvgIpc) is 1.73. The fraction of sp³-hybridized carbons (Fsp3) is 1.00. The highest BCUT2D eigenvalue weighted by atomic mass is 15.1. The molecule has 0 atom stereocenters. The van der Waals surface area contributed by atoms with Gasteiger partial charge in [-0.3, -0.25) is 0 Å². The van der Waals surface area contributed by atoms with E-state index >= 15 is 0 Å². The maximum Gasteiger partial charge on any atom is 0.0317 e. The topological polar surface area (TPSA) is 24.1 Å². The Labute approximate surface area is 69.8 Å². The van der Waals surface area contributed by atoms with Gasteiger partial charge in [0.05, 0.1) is 0 Å². The summed E-state index contributed by atoms with van der Waals surface area (Å²) in [6.45, 7) is 10.3. The fourth-order valence-electron chi connectivity index (χ4n) is 1.08. The van der Waals surface area contributed by atoms with Gasteiger partial charge >= 0.3 is 0 Å². The van der Waals surface area contributed by atoms with Crippen LogP contribution in [-0.2, 0) is 0 Å². The highest BCUT2D eigenvalue weighted by molar-refractivity contribution is 4.81. The van der Waals surface area contributed by atoms with Gasteiger partial charge in [-0.05, 0) is 18.4 Å². The lowest BCUT2D eigenvalue weighted by atomic mass is 9.92. The number of rotatable bonds is 3. The minimum absolute atomic E-state index is 0.476. The average molecular weight is 156 g/mol. The summed E-state index contributed by atoms with van der Waals surface area (Å²) in [5, 5.41) is 6.76. The zero-order chi connectivity index (χ0) is 8.32. The minimum atomic E-state index is 0.476. The zero-order valence-electron chi connectivity index (χ0n) is 7.91. The van der Waals surface area contributed by atoms with Crippen LogP contribution in [-0.4, -0.2) is 25.7 Å². The highest BCUT2D eigenvalue weighted by Gasteiger charge is 2.16. The van der Waals surface area contributed by atoms with Crippen LogP contribution in [0.2, 0.25) is 0 Å². The number of hydrogen-bond acceptors (Lipinski definition) is 2. The van der Waals surface area contributed by atoms with Gasteiger partial charge in [-0.15, -0.1) is 0 Å². The van der Waals surface area contributed by atoms with E-state index in [0.29, 0.717) is 5.41 Å². The van der Waals surface area contributed by atoms with Crippen molar-refractivity contribution in [1.29, 1.82) is 0 Å². The van der Waals surface area contributed by atoms with Gasteiger partial charge < -0.3 is 10.6 Å². The second-order valence-electron chi connectivity index (χ2n) is 4.62. The SMILES string of the molecule is CC(C)(C)CCNC1CNC1. The Morgan fingerprint density at radius 1 is 1.36 bits per heavy atom. The molecule has 66 valence electrons. The lowest BCUT2D eigenvalue weighted by Crippen LogP contribution is -2.55. The molecule has 1 fully saturated rings. The summed E-state index contributed by atoms with van der Waals surface area (Å²) in [4.78, 5) is 0. The van der Waals surface area contributed by atoms with Crippen LogP contribution in [0.4, 0.5) is 0 Å². The molecule has 1 aliphatic rings. The van der Waals surface area contributed by atoms with Gasteiger partial charge in [0.1, 0.15) is 0 Å². The molecular weight excluding hydrogens is 136 g/mol.